The van der Waals surface area contributed by atoms with Crippen LogP contribution in [-0.4, -0.2) is 4.89 Å². The highest BCUT2D eigenvalue weighted by molar-refractivity contribution is 7.48. The summed E-state index contributed by atoms with van der Waals surface area (Å²) >= 11 is 0. The molecule has 2 rings (SSSR count). The second-order valence-corrected chi connectivity index (χ2v) is 13.0. The maximum atomic E-state index is 13.2. The van der Waals surface area contributed by atoms with Gasteiger partial charge in [0.2, 0.25) is 0 Å². The van der Waals surface area contributed by atoms with E-state index < -0.39 is 7.82 Å². The molecule has 196 valence electrons. The average molecular weight is 503 g/mol. The van der Waals surface area contributed by atoms with Gasteiger partial charge in [-0.25, -0.2) is 4.57 Å². The van der Waals surface area contributed by atoms with Crippen LogP contribution in [0, 0.1) is 0 Å². The zero-order chi connectivity index (χ0) is 26.3. The molecular formula is C30H47O4P. The topological polar surface area (TPSA) is 55.8 Å². The van der Waals surface area contributed by atoms with Crippen molar-refractivity contribution in [2.24, 2.45) is 0 Å². The fraction of sp³-hybridized carbons (Fsp3) is 0.600. The number of benzene rings is 2. The summed E-state index contributed by atoms with van der Waals surface area (Å²) in [6.07, 6.45) is 8.05. The van der Waals surface area contributed by atoms with Crippen LogP contribution in [-0.2, 0) is 28.2 Å². The van der Waals surface area contributed by atoms with Crippen LogP contribution in [0.3, 0.4) is 0 Å². The fourth-order valence-corrected chi connectivity index (χ4v) is 4.95. The Hall–Kier alpha value is -1.77. The average Bonchev–Trinajstić information content (AvgIpc) is 2.74. The molecule has 0 aromatic heterocycles. The molecule has 0 unspecified atom stereocenters. The standard InChI is InChI=1S/C30H47O4P/c1-9-11-13-15-23-21-25(29(3,4)5)17-19-27(23)33-35(31,32)34-28-20-18-26(30(6,7)8)22-24(28)16-14-12-10-2/h17-22H,9-16H2,1-8H3,(H,31,32). The molecule has 0 aliphatic carbocycles. The Labute approximate surface area is 214 Å². The lowest BCUT2D eigenvalue weighted by Gasteiger charge is -2.24. The van der Waals surface area contributed by atoms with E-state index in [0.717, 1.165) is 62.5 Å². The second-order valence-electron chi connectivity index (χ2n) is 11.7. The smallest absolute Gasteiger partial charge is 0.395 e. The summed E-state index contributed by atoms with van der Waals surface area (Å²) in [5, 5.41) is 0. The summed E-state index contributed by atoms with van der Waals surface area (Å²) in [5.41, 5.74) is 4.24. The minimum atomic E-state index is -4.38. The van der Waals surface area contributed by atoms with Gasteiger partial charge >= 0.3 is 7.82 Å². The van der Waals surface area contributed by atoms with Crippen LogP contribution in [0.1, 0.15) is 116 Å². The lowest BCUT2D eigenvalue weighted by Crippen LogP contribution is -2.13. The normalized spacial score (nSPS) is 12.6. The van der Waals surface area contributed by atoms with Crippen molar-refractivity contribution in [1.82, 2.24) is 0 Å². The van der Waals surface area contributed by atoms with E-state index in [4.69, 9.17) is 9.05 Å². The van der Waals surface area contributed by atoms with Gasteiger partial charge in [0.25, 0.3) is 0 Å². The molecule has 0 heterocycles. The van der Waals surface area contributed by atoms with E-state index in [2.05, 4.69) is 67.5 Å². The van der Waals surface area contributed by atoms with Crippen LogP contribution in [0.4, 0.5) is 0 Å². The van der Waals surface area contributed by atoms with E-state index in [-0.39, 0.29) is 10.8 Å². The largest absolute Gasteiger partial charge is 0.584 e. The molecule has 0 aliphatic rings. The van der Waals surface area contributed by atoms with Gasteiger partial charge in [-0.1, -0.05) is 105 Å². The summed E-state index contributed by atoms with van der Waals surface area (Å²) in [5.74, 6) is 0.859. The van der Waals surface area contributed by atoms with Gasteiger partial charge in [-0.15, -0.1) is 0 Å². The van der Waals surface area contributed by atoms with E-state index in [1.54, 1.807) is 0 Å². The highest BCUT2D eigenvalue weighted by Crippen LogP contribution is 2.47. The predicted octanol–water partition coefficient (Wildman–Crippen LogP) is 9.31. The number of unbranched alkanes of at least 4 members (excludes halogenated alkanes) is 4. The van der Waals surface area contributed by atoms with Crippen molar-refractivity contribution >= 4 is 7.82 Å². The van der Waals surface area contributed by atoms with Crippen molar-refractivity contribution in [2.75, 3.05) is 0 Å². The Morgan fingerprint density at radius 2 is 1.06 bits per heavy atom. The first-order valence-corrected chi connectivity index (χ1v) is 14.7. The third-order valence-electron chi connectivity index (χ3n) is 6.38. The molecule has 0 amide bonds. The third-order valence-corrected chi connectivity index (χ3v) is 7.23. The van der Waals surface area contributed by atoms with Gasteiger partial charge in [0.05, 0.1) is 0 Å². The van der Waals surface area contributed by atoms with Crippen molar-refractivity contribution in [3.8, 4) is 11.5 Å². The minimum absolute atomic E-state index is 0.0142. The summed E-state index contributed by atoms with van der Waals surface area (Å²) in [7, 11) is -4.38. The molecule has 0 aliphatic heterocycles. The van der Waals surface area contributed by atoms with Gasteiger partial charge in [-0.2, -0.15) is 0 Å². The van der Waals surface area contributed by atoms with Gasteiger partial charge < -0.3 is 9.05 Å². The first kappa shape index (κ1) is 29.5. The summed E-state index contributed by atoms with van der Waals surface area (Å²) in [6, 6.07) is 11.8. The van der Waals surface area contributed by atoms with Crippen LogP contribution in [0.25, 0.3) is 0 Å². The van der Waals surface area contributed by atoms with E-state index >= 15 is 0 Å². The van der Waals surface area contributed by atoms with E-state index in [0.29, 0.717) is 11.5 Å². The number of phosphoric ester groups is 1. The Morgan fingerprint density at radius 1 is 0.686 bits per heavy atom. The third kappa shape index (κ3) is 9.32. The van der Waals surface area contributed by atoms with E-state index in [1.165, 1.54) is 11.1 Å². The zero-order valence-electron chi connectivity index (χ0n) is 23.2. The molecule has 5 heteroatoms. The Balaban J connectivity index is 2.33. The molecule has 0 saturated carbocycles. The summed E-state index contributed by atoms with van der Waals surface area (Å²) in [4.78, 5) is 10.8. The quantitative estimate of drug-likeness (QED) is 0.232. The molecule has 0 spiro atoms. The maximum absolute atomic E-state index is 13.2. The number of rotatable bonds is 12. The minimum Gasteiger partial charge on any atom is -0.395 e. The van der Waals surface area contributed by atoms with Gasteiger partial charge in [-0.05, 0) is 70.9 Å². The molecule has 4 nitrogen and oxygen atoms in total. The van der Waals surface area contributed by atoms with Crippen LogP contribution in [0.5, 0.6) is 11.5 Å². The van der Waals surface area contributed by atoms with Crippen LogP contribution in [0.2, 0.25) is 0 Å². The molecule has 0 bridgehead atoms. The molecule has 2 aromatic carbocycles. The van der Waals surface area contributed by atoms with E-state index in [1.807, 2.05) is 24.3 Å². The van der Waals surface area contributed by atoms with Crippen LogP contribution < -0.4 is 9.05 Å². The summed E-state index contributed by atoms with van der Waals surface area (Å²) < 4.78 is 24.6. The molecule has 0 fully saturated rings. The number of phosphoric acid groups is 1. The molecule has 0 saturated heterocycles. The number of aryl methyl sites for hydroxylation is 2. The molecule has 35 heavy (non-hydrogen) atoms. The predicted molar refractivity (Wildman–Crippen MR) is 148 cm³/mol. The van der Waals surface area contributed by atoms with Gasteiger partial charge in [0, 0.05) is 0 Å². The lowest BCUT2D eigenvalue weighted by molar-refractivity contribution is 0.288. The Morgan fingerprint density at radius 3 is 1.37 bits per heavy atom. The van der Waals surface area contributed by atoms with Crippen molar-refractivity contribution < 1.29 is 18.5 Å². The SMILES string of the molecule is CCCCCc1cc(C(C)(C)C)ccc1OP(=O)(O)Oc1ccc(C(C)(C)C)cc1CCCCC. The Kier molecular flexibility index (Phi) is 10.5. The summed E-state index contributed by atoms with van der Waals surface area (Å²) in [6.45, 7) is 17.3. The van der Waals surface area contributed by atoms with Crippen molar-refractivity contribution in [3.63, 3.8) is 0 Å². The second kappa shape index (κ2) is 12.5. The van der Waals surface area contributed by atoms with Gasteiger partial charge in [-0.3, -0.25) is 4.89 Å². The fourth-order valence-electron chi connectivity index (χ4n) is 4.06. The van der Waals surface area contributed by atoms with E-state index in [9.17, 15) is 9.46 Å². The van der Waals surface area contributed by atoms with Gasteiger partial charge in [0.1, 0.15) is 11.5 Å². The first-order valence-electron chi connectivity index (χ1n) is 13.3. The molecule has 1 N–H and O–H groups in total. The van der Waals surface area contributed by atoms with Crippen LogP contribution in [0.15, 0.2) is 36.4 Å². The highest BCUT2D eigenvalue weighted by atomic mass is 31.2. The van der Waals surface area contributed by atoms with Crippen molar-refractivity contribution in [2.45, 2.75) is 118 Å². The maximum Gasteiger partial charge on any atom is 0.584 e. The number of hydrogen-bond acceptors (Lipinski definition) is 3. The monoisotopic (exact) mass is 502 g/mol. The van der Waals surface area contributed by atoms with Crippen molar-refractivity contribution in [1.29, 1.82) is 0 Å². The highest BCUT2D eigenvalue weighted by Gasteiger charge is 2.29. The lowest BCUT2D eigenvalue weighted by atomic mass is 9.85. The van der Waals surface area contributed by atoms with Crippen LogP contribution >= 0.6 is 7.82 Å². The van der Waals surface area contributed by atoms with Crippen molar-refractivity contribution in [3.05, 3.63) is 58.7 Å². The zero-order valence-corrected chi connectivity index (χ0v) is 24.1. The molecule has 0 atom stereocenters. The Bertz CT molecular complexity index is 921. The molecule has 2 aromatic rings. The molecular weight excluding hydrogens is 455 g/mol. The van der Waals surface area contributed by atoms with Gasteiger partial charge in [0.15, 0.2) is 0 Å². The first-order chi connectivity index (χ1) is 16.3. The number of hydrogen-bond donors (Lipinski definition) is 1. The molecule has 0 radical (unpaired) electrons.